The van der Waals surface area contributed by atoms with Crippen LogP contribution in [0.1, 0.15) is 37.4 Å². The van der Waals surface area contributed by atoms with E-state index in [1.807, 2.05) is 18.2 Å². The second-order valence-corrected chi connectivity index (χ2v) is 5.69. The molecular formula is C15H17ClF2N2O. The zero-order valence-electron chi connectivity index (χ0n) is 11.8. The Morgan fingerprint density at radius 3 is 2.67 bits per heavy atom. The second kappa shape index (κ2) is 6.43. The van der Waals surface area contributed by atoms with Crippen molar-refractivity contribution in [1.82, 2.24) is 10.3 Å². The smallest absolute Gasteiger partial charge is 0.247 e. The van der Waals surface area contributed by atoms with Crippen molar-refractivity contribution in [3.05, 3.63) is 34.5 Å². The van der Waals surface area contributed by atoms with Crippen molar-refractivity contribution in [2.24, 2.45) is 0 Å². The van der Waals surface area contributed by atoms with Gasteiger partial charge in [0.1, 0.15) is 0 Å². The molecule has 0 aliphatic heterocycles. The van der Waals surface area contributed by atoms with Gasteiger partial charge in [0, 0.05) is 21.6 Å². The molecule has 0 saturated carbocycles. The number of hydrogen-bond acceptors (Lipinski definition) is 1. The van der Waals surface area contributed by atoms with Crippen LogP contribution in [0.4, 0.5) is 8.78 Å². The number of aromatic nitrogens is 1. The van der Waals surface area contributed by atoms with Crippen LogP contribution in [0.25, 0.3) is 10.9 Å². The number of hydrogen-bond donors (Lipinski definition) is 2. The molecule has 1 aromatic heterocycles. The molecule has 0 bridgehead atoms. The van der Waals surface area contributed by atoms with Crippen LogP contribution < -0.4 is 5.32 Å². The molecule has 3 nitrogen and oxygen atoms in total. The van der Waals surface area contributed by atoms with E-state index >= 15 is 0 Å². The zero-order chi connectivity index (χ0) is 15.6. The third-order valence-electron chi connectivity index (χ3n) is 3.23. The summed E-state index contributed by atoms with van der Waals surface area (Å²) in [6.07, 6.45) is -3.40. The van der Waals surface area contributed by atoms with Crippen LogP contribution in [0, 0.1) is 0 Å². The molecule has 2 aromatic rings. The van der Waals surface area contributed by atoms with E-state index in [0.29, 0.717) is 10.9 Å². The third kappa shape index (κ3) is 3.94. The van der Waals surface area contributed by atoms with Gasteiger partial charge in [-0.1, -0.05) is 25.4 Å². The maximum atomic E-state index is 12.1. The first-order valence-corrected chi connectivity index (χ1v) is 7.10. The van der Waals surface area contributed by atoms with Crippen molar-refractivity contribution in [2.75, 3.05) is 0 Å². The molecule has 1 aromatic carbocycles. The van der Waals surface area contributed by atoms with Crippen LogP contribution in [0.2, 0.25) is 5.02 Å². The van der Waals surface area contributed by atoms with Crippen molar-refractivity contribution < 1.29 is 13.6 Å². The second-order valence-electron chi connectivity index (χ2n) is 5.28. The fourth-order valence-corrected chi connectivity index (χ4v) is 2.56. The average Bonchev–Trinajstić information content (AvgIpc) is 2.76. The summed E-state index contributed by atoms with van der Waals surface area (Å²) in [4.78, 5) is 14.4. The molecule has 0 atom stereocenters. The molecule has 1 heterocycles. The van der Waals surface area contributed by atoms with Gasteiger partial charge in [-0.15, -0.1) is 0 Å². The van der Waals surface area contributed by atoms with E-state index in [2.05, 4.69) is 24.1 Å². The predicted octanol–water partition coefficient (Wildman–Crippen LogP) is 4.22. The minimum absolute atomic E-state index is 0.189. The van der Waals surface area contributed by atoms with Crippen LogP contribution in [0.15, 0.2) is 18.2 Å². The van der Waals surface area contributed by atoms with E-state index in [1.54, 1.807) is 0 Å². The highest BCUT2D eigenvalue weighted by molar-refractivity contribution is 6.32. The molecule has 2 N–H and O–H groups in total. The van der Waals surface area contributed by atoms with Gasteiger partial charge in [0.05, 0.1) is 13.0 Å². The van der Waals surface area contributed by atoms with Crippen molar-refractivity contribution in [3.8, 4) is 0 Å². The minimum atomic E-state index is -2.62. The summed E-state index contributed by atoms with van der Waals surface area (Å²) >= 11 is 6.23. The van der Waals surface area contributed by atoms with Gasteiger partial charge >= 0.3 is 0 Å². The van der Waals surface area contributed by atoms with Gasteiger partial charge in [-0.25, -0.2) is 8.78 Å². The number of carbonyl (C=O) groups excluding carboxylic acids is 1. The highest BCUT2D eigenvalue weighted by atomic mass is 35.5. The fraction of sp³-hybridized carbons (Fsp3) is 0.400. The Morgan fingerprint density at radius 2 is 2.05 bits per heavy atom. The van der Waals surface area contributed by atoms with Crippen LogP contribution in [-0.2, 0) is 11.3 Å². The molecule has 0 aliphatic rings. The van der Waals surface area contributed by atoms with Gasteiger partial charge in [0.25, 0.3) is 0 Å². The standard InChI is InChI=1S/C15H17ClF2N2O/c1-8(2)11-5-13-9(4-12(11)16)3-10(20-13)7-19-15(21)6-14(17)18/h3-5,8,14,20H,6-7H2,1-2H3,(H,19,21). The Labute approximate surface area is 126 Å². The molecule has 21 heavy (non-hydrogen) atoms. The minimum Gasteiger partial charge on any atom is -0.357 e. The van der Waals surface area contributed by atoms with Crippen molar-refractivity contribution in [1.29, 1.82) is 0 Å². The predicted molar refractivity (Wildman–Crippen MR) is 79.9 cm³/mol. The lowest BCUT2D eigenvalue weighted by atomic mass is 10.0. The Hall–Kier alpha value is -1.62. The summed E-state index contributed by atoms with van der Waals surface area (Å²) in [6.45, 7) is 4.30. The van der Waals surface area contributed by atoms with E-state index in [1.165, 1.54) is 0 Å². The molecule has 0 aliphatic carbocycles. The number of alkyl halides is 2. The van der Waals surface area contributed by atoms with Crippen LogP contribution in [0.5, 0.6) is 0 Å². The maximum Gasteiger partial charge on any atom is 0.247 e. The third-order valence-corrected chi connectivity index (χ3v) is 3.56. The first-order valence-electron chi connectivity index (χ1n) is 6.72. The van der Waals surface area contributed by atoms with E-state index in [-0.39, 0.29) is 6.54 Å². The summed E-state index contributed by atoms with van der Waals surface area (Å²) in [5.41, 5.74) is 2.71. The number of nitrogens with one attached hydrogen (secondary N) is 2. The van der Waals surface area contributed by atoms with E-state index in [0.717, 1.165) is 22.2 Å². The van der Waals surface area contributed by atoms with Crippen LogP contribution in [0.3, 0.4) is 0 Å². The average molecular weight is 315 g/mol. The van der Waals surface area contributed by atoms with Crippen molar-refractivity contribution in [3.63, 3.8) is 0 Å². The topological polar surface area (TPSA) is 44.9 Å². The van der Waals surface area contributed by atoms with Gasteiger partial charge in [0.15, 0.2) is 0 Å². The number of fused-ring (bicyclic) bond motifs is 1. The summed E-state index contributed by atoms with van der Waals surface area (Å²) in [5, 5.41) is 4.09. The molecular weight excluding hydrogens is 298 g/mol. The van der Waals surface area contributed by atoms with Gasteiger partial charge in [0.2, 0.25) is 12.3 Å². The van der Waals surface area contributed by atoms with Crippen LogP contribution >= 0.6 is 11.6 Å². The normalized spacial score (nSPS) is 11.6. The number of amides is 1. The molecule has 0 saturated heterocycles. The Bertz CT molecular complexity index is 652. The summed E-state index contributed by atoms with van der Waals surface area (Å²) in [7, 11) is 0. The number of benzene rings is 1. The van der Waals surface area contributed by atoms with Gasteiger partial charge < -0.3 is 10.3 Å². The molecule has 1 amide bonds. The number of halogens is 3. The largest absolute Gasteiger partial charge is 0.357 e. The number of H-pyrrole nitrogens is 1. The quantitative estimate of drug-likeness (QED) is 0.853. The van der Waals surface area contributed by atoms with Crippen molar-refractivity contribution >= 4 is 28.4 Å². The van der Waals surface area contributed by atoms with E-state index in [9.17, 15) is 13.6 Å². The summed E-state index contributed by atoms with van der Waals surface area (Å²) in [5.74, 6) is -0.357. The summed E-state index contributed by atoms with van der Waals surface area (Å²) in [6, 6.07) is 5.70. The molecule has 2 rings (SSSR count). The number of carbonyl (C=O) groups is 1. The first kappa shape index (κ1) is 15.8. The summed E-state index contributed by atoms with van der Waals surface area (Å²) < 4.78 is 24.1. The van der Waals surface area contributed by atoms with Crippen molar-refractivity contribution in [2.45, 2.75) is 39.2 Å². The Kier molecular flexibility index (Phi) is 4.83. The lowest BCUT2D eigenvalue weighted by Crippen LogP contribution is -2.24. The first-order chi connectivity index (χ1) is 9.86. The van der Waals surface area contributed by atoms with E-state index < -0.39 is 18.8 Å². The van der Waals surface area contributed by atoms with Gasteiger partial charge in [-0.05, 0) is 29.7 Å². The molecule has 0 radical (unpaired) electrons. The zero-order valence-corrected chi connectivity index (χ0v) is 12.6. The lowest BCUT2D eigenvalue weighted by molar-refractivity contribution is -0.123. The van der Waals surface area contributed by atoms with Gasteiger partial charge in [-0.3, -0.25) is 4.79 Å². The lowest BCUT2D eigenvalue weighted by Gasteiger charge is -2.07. The molecule has 6 heteroatoms. The van der Waals surface area contributed by atoms with Gasteiger partial charge in [-0.2, -0.15) is 0 Å². The molecule has 0 fully saturated rings. The molecule has 0 spiro atoms. The Balaban J connectivity index is 2.14. The number of aromatic amines is 1. The van der Waals surface area contributed by atoms with E-state index in [4.69, 9.17) is 11.6 Å². The maximum absolute atomic E-state index is 12.1. The number of rotatable bonds is 5. The molecule has 114 valence electrons. The fourth-order valence-electron chi connectivity index (χ4n) is 2.17. The molecule has 0 unspecified atom stereocenters. The monoisotopic (exact) mass is 314 g/mol. The highest BCUT2D eigenvalue weighted by Gasteiger charge is 2.12. The Morgan fingerprint density at radius 1 is 1.33 bits per heavy atom. The SMILES string of the molecule is CC(C)c1cc2[nH]c(CNC(=O)CC(F)F)cc2cc1Cl. The highest BCUT2D eigenvalue weighted by Crippen LogP contribution is 2.29. The van der Waals surface area contributed by atoms with Crippen LogP contribution in [-0.4, -0.2) is 17.3 Å².